The molecule has 35 heavy (non-hydrogen) atoms. The number of para-hydroxylation sites is 1. The summed E-state index contributed by atoms with van der Waals surface area (Å²) in [5, 5.41) is 3.57. The van der Waals surface area contributed by atoms with Gasteiger partial charge in [0.1, 0.15) is 12.6 Å². The van der Waals surface area contributed by atoms with Crippen molar-refractivity contribution in [3.63, 3.8) is 0 Å². The van der Waals surface area contributed by atoms with Crippen molar-refractivity contribution in [2.45, 2.75) is 19.0 Å². The largest absolute Gasteiger partial charge is 0.468 e. The van der Waals surface area contributed by atoms with Crippen LogP contribution in [0, 0.1) is 0 Å². The van der Waals surface area contributed by atoms with E-state index in [0.29, 0.717) is 5.56 Å². The molecule has 2 N–H and O–H groups in total. The van der Waals surface area contributed by atoms with Gasteiger partial charge in [0.05, 0.1) is 18.8 Å². The second kappa shape index (κ2) is 9.10. The maximum Gasteiger partial charge on any atom is 0.325 e. The number of aromatic amines is 1. The van der Waals surface area contributed by atoms with Gasteiger partial charge in [0.15, 0.2) is 0 Å². The van der Waals surface area contributed by atoms with Crippen LogP contribution in [0.15, 0.2) is 78.9 Å². The van der Waals surface area contributed by atoms with E-state index in [1.54, 1.807) is 17.9 Å². The molecule has 0 spiro atoms. The van der Waals surface area contributed by atoms with Gasteiger partial charge in [-0.2, -0.15) is 0 Å². The van der Waals surface area contributed by atoms with Crippen molar-refractivity contribution in [3.8, 4) is 11.3 Å². The third kappa shape index (κ3) is 3.85. The number of carbonyl (C=O) groups is 3. The van der Waals surface area contributed by atoms with Crippen LogP contribution in [-0.4, -0.2) is 47.4 Å². The smallest absolute Gasteiger partial charge is 0.325 e. The molecule has 1 aliphatic heterocycles. The zero-order chi connectivity index (χ0) is 24.5. The maximum absolute atomic E-state index is 13.7. The minimum atomic E-state index is -0.832. The fourth-order valence-corrected chi connectivity index (χ4v) is 4.82. The van der Waals surface area contributed by atoms with Crippen LogP contribution < -0.4 is 5.32 Å². The number of esters is 1. The van der Waals surface area contributed by atoms with Gasteiger partial charge in [0.2, 0.25) is 5.91 Å². The Morgan fingerprint density at radius 1 is 1.00 bits per heavy atom. The molecule has 4 aromatic rings. The molecule has 7 heteroatoms. The number of fused-ring (bicyclic) bond motifs is 2. The number of H-pyrrole nitrogens is 1. The predicted molar refractivity (Wildman–Crippen MR) is 133 cm³/mol. The van der Waals surface area contributed by atoms with Gasteiger partial charge in [-0.1, -0.05) is 66.7 Å². The average molecular weight is 468 g/mol. The lowest BCUT2D eigenvalue weighted by Gasteiger charge is -2.31. The SMILES string of the molecule is COC(=O)CNC(=O)[C@H](C)N1C(=O)c2ccccc2[C@H]1c1c(-c2ccccc2)[nH]c2ccccc12. The van der Waals surface area contributed by atoms with E-state index in [4.69, 9.17) is 0 Å². The van der Waals surface area contributed by atoms with Crippen LogP contribution in [-0.2, 0) is 14.3 Å². The van der Waals surface area contributed by atoms with Gasteiger partial charge in [-0.05, 0) is 30.2 Å². The van der Waals surface area contributed by atoms with Crippen LogP contribution in [0.2, 0.25) is 0 Å². The summed E-state index contributed by atoms with van der Waals surface area (Å²) in [7, 11) is 1.26. The zero-order valence-electron chi connectivity index (χ0n) is 19.4. The van der Waals surface area contributed by atoms with Gasteiger partial charge in [-0.25, -0.2) is 0 Å². The summed E-state index contributed by atoms with van der Waals surface area (Å²) >= 11 is 0. The lowest BCUT2D eigenvalue weighted by Crippen LogP contribution is -2.48. The Kier molecular flexibility index (Phi) is 5.82. The number of nitrogens with one attached hydrogen (secondary N) is 2. The minimum Gasteiger partial charge on any atom is -0.468 e. The van der Waals surface area contributed by atoms with Gasteiger partial charge in [-0.3, -0.25) is 14.4 Å². The van der Waals surface area contributed by atoms with E-state index >= 15 is 0 Å². The van der Waals surface area contributed by atoms with Crippen molar-refractivity contribution in [2.24, 2.45) is 0 Å². The number of hydrogen-bond acceptors (Lipinski definition) is 4. The van der Waals surface area contributed by atoms with Crippen LogP contribution in [0.4, 0.5) is 0 Å². The number of ether oxygens (including phenoxy) is 1. The third-order valence-corrected chi connectivity index (χ3v) is 6.51. The summed E-state index contributed by atoms with van der Waals surface area (Å²) in [5.41, 5.74) is 5.16. The molecule has 2 amide bonds. The maximum atomic E-state index is 13.7. The van der Waals surface area contributed by atoms with Gasteiger partial charge in [0.25, 0.3) is 5.91 Å². The molecule has 1 aliphatic rings. The first-order valence-corrected chi connectivity index (χ1v) is 11.4. The van der Waals surface area contributed by atoms with Gasteiger partial charge >= 0.3 is 5.97 Å². The molecule has 5 rings (SSSR count). The Balaban J connectivity index is 1.68. The van der Waals surface area contributed by atoms with E-state index in [1.807, 2.05) is 72.8 Å². The highest BCUT2D eigenvalue weighted by Gasteiger charge is 2.44. The number of benzene rings is 3. The number of hydrogen-bond donors (Lipinski definition) is 2. The Hall–Kier alpha value is -4.39. The van der Waals surface area contributed by atoms with Crippen LogP contribution in [0.1, 0.15) is 34.5 Å². The van der Waals surface area contributed by atoms with E-state index in [9.17, 15) is 14.4 Å². The monoisotopic (exact) mass is 467 g/mol. The van der Waals surface area contributed by atoms with Crippen molar-refractivity contribution < 1.29 is 19.1 Å². The Morgan fingerprint density at radius 2 is 1.69 bits per heavy atom. The van der Waals surface area contributed by atoms with Crippen molar-refractivity contribution in [1.82, 2.24) is 15.2 Å². The van der Waals surface area contributed by atoms with Crippen molar-refractivity contribution >= 4 is 28.7 Å². The summed E-state index contributed by atoms with van der Waals surface area (Å²) in [6.45, 7) is 1.42. The predicted octanol–water partition coefficient (Wildman–Crippen LogP) is 4.06. The fraction of sp³-hybridized carbons (Fsp3) is 0.179. The van der Waals surface area contributed by atoms with Crippen LogP contribution in [0.25, 0.3) is 22.2 Å². The normalized spacial score (nSPS) is 15.7. The van der Waals surface area contributed by atoms with E-state index in [1.165, 1.54) is 7.11 Å². The number of amides is 2. The molecule has 7 nitrogen and oxygen atoms in total. The van der Waals surface area contributed by atoms with E-state index < -0.39 is 24.0 Å². The van der Waals surface area contributed by atoms with Crippen LogP contribution in [0.3, 0.4) is 0 Å². The Morgan fingerprint density at radius 3 is 2.46 bits per heavy atom. The second-order valence-corrected chi connectivity index (χ2v) is 8.50. The summed E-state index contributed by atoms with van der Waals surface area (Å²) in [5.74, 6) is -1.21. The highest BCUT2D eigenvalue weighted by molar-refractivity contribution is 6.04. The lowest BCUT2D eigenvalue weighted by molar-refractivity contribution is -0.141. The first-order chi connectivity index (χ1) is 17.0. The summed E-state index contributed by atoms with van der Waals surface area (Å²) in [6.07, 6.45) is 0. The van der Waals surface area contributed by atoms with Crippen molar-refractivity contribution in [3.05, 3.63) is 95.6 Å². The fourth-order valence-electron chi connectivity index (χ4n) is 4.82. The number of rotatable bonds is 6. The van der Waals surface area contributed by atoms with E-state index in [2.05, 4.69) is 15.0 Å². The second-order valence-electron chi connectivity index (χ2n) is 8.50. The quantitative estimate of drug-likeness (QED) is 0.419. The van der Waals surface area contributed by atoms with Crippen LogP contribution in [0.5, 0.6) is 0 Å². The van der Waals surface area contributed by atoms with Gasteiger partial charge in [0, 0.05) is 22.0 Å². The van der Waals surface area contributed by atoms with Gasteiger partial charge < -0.3 is 19.9 Å². The first-order valence-electron chi connectivity index (χ1n) is 11.4. The Labute approximate surface area is 202 Å². The van der Waals surface area contributed by atoms with E-state index in [-0.39, 0.29) is 12.5 Å². The first kappa shape index (κ1) is 22.4. The molecule has 176 valence electrons. The molecular formula is C28H25N3O4. The zero-order valence-corrected chi connectivity index (χ0v) is 19.4. The highest BCUT2D eigenvalue weighted by atomic mass is 16.5. The summed E-state index contributed by atoms with van der Waals surface area (Å²) in [6, 6.07) is 24.0. The molecule has 0 radical (unpaired) electrons. The molecule has 0 bridgehead atoms. The standard InChI is InChI=1S/C28H25N3O4/c1-17(27(33)29-16-23(32)35-2)31-26(19-12-6-7-13-20(19)28(31)34)24-21-14-8-9-15-22(21)30-25(24)18-10-4-3-5-11-18/h3-15,17,26,30H,16H2,1-2H3,(H,29,33)/t17-,26-/m0/s1. The number of aromatic nitrogens is 1. The molecular weight excluding hydrogens is 442 g/mol. The molecule has 0 saturated heterocycles. The molecule has 0 aliphatic carbocycles. The molecule has 2 heterocycles. The van der Waals surface area contributed by atoms with Crippen LogP contribution >= 0.6 is 0 Å². The molecule has 0 unspecified atom stereocenters. The number of methoxy groups -OCH3 is 1. The van der Waals surface area contributed by atoms with Crippen molar-refractivity contribution in [1.29, 1.82) is 0 Å². The number of nitrogens with zero attached hydrogens (tertiary/aromatic N) is 1. The van der Waals surface area contributed by atoms with Gasteiger partial charge in [-0.15, -0.1) is 0 Å². The molecule has 0 fully saturated rings. The summed E-state index contributed by atoms with van der Waals surface area (Å²) in [4.78, 5) is 43.5. The van der Waals surface area contributed by atoms with E-state index in [0.717, 1.165) is 33.3 Å². The molecule has 2 atom stereocenters. The summed E-state index contributed by atoms with van der Waals surface area (Å²) < 4.78 is 4.63. The molecule has 3 aromatic carbocycles. The average Bonchev–Trinajstić information content (AvgIpc) is 3.42. The Bertz CT molecular complexity index is 1430. The topological polar surface area (TPSA) is 91.5 Å². The van der Waals surface area contributed by atoms with Crippen molar-refractivity contribution in [2.75, 3.05) is 13.7 Å². The molecule has 1 aromatic heterocycles. The number of carbonyl (C=O) groups excluding carboxylic acids is 3. The third-order valence-electron chi connectivity index (χ3n) is 6.51. The molecule has 0 saturated carbocycles. The minimum absolute atomic E-state index is 0.226. The lowest BCUT2D eigenvalue weighted by atomic mass is 9.92. The highest BCUT2D eigenvalue weighted by Crippen LogP contribution is 2.46.